The van der Waals surface area contributed by atoms with Gasteiger partial charge in [0.05, 0.1) is 12.2 Å². The normalized spacial score (nSPS) is 10.4. The van der Waals surface area contributed by atoms with Crippen molar-refractivity contribution in [2.75, 3.05) is 6.61 Å². The zero-order valence-electron chi connectivity index (χ0n) is 8.07. The van der Waals surface area contributed by atoms with Gasteiger partial charge in [0.25, 0.3) is 5.76 Å². The minimum absolute atomic E-state index is 0.298. The van der Waals surface area contributed by atoms with E-state index in [1.165, 1.54) is 24.3 Å². The van der Waals surface area contributed by atoms with Gasteiger partial charge >= 0.3 is 5.97 Å². The average molecular weight is 232 g/mol. The van der Waals surface area contributed by atoms with Gasteiger partial charge in [0.15, 0.2) is 0 Å². The number of halogens is 2. The SMILES string of the molecule is CCOC(=O)c1ccc(SC(F)F)cc1. The molecule has 15 heavy (non-hydrogen) atoms. The Kier molecular flexibility index (Phi) is 4.55. The minimum atomic E-state index is -2.45. The smallest absolute Gasteiger partial charge is 0.338 e. The molecule has 0 aliphatic rings. The molecule has 1 aromatic rings. The molecule has 1 rings (SSSR count). The Labute approximate surface area is 90.6 Å². The highest BCUT2D eigenvalue weighted by Gasteiger charge is 2.08. The van der Waals surface area contributed by atoms with Crippen molar-refractivity contribution in [3.8, 4) is 0 Å². The van der Waals surface area contributed by atoms with Gasteiger partial charge in [-0.3, -0.25) is 0 Å². The second kappa shape index (κ2) is 5.70. The van der Waals surface area contributed by atoms with Gasteiger partial charge in [0, 0.05) is 4.90 Å². The molecule has 0 atom stereocenters. The van der Waals surface area contributed by atoms with Crippen molar-refractivity contribution in [3.05, 3.63) is 29.8 Å². The average Bonchev–Trinajstić information content (AvgIpc) is 2.18. The highest BCUT2D eigenvalue weighted by molar-refractivity contribution is 7.99. The molecule has 0 radical (unpaired) electrons. The molecular formula is C10H10F2O2S. The molecule has 0 heterocycles. The van der Waals surface area contributed by atoms with Crippen molar-refractivity contribution >= 4 is 17.7 Å². The van der Waals surface area contributed by atoms with Gasteiger partial charge in [-0.15, -0.1) is 0 Å². The highest BCUT2D eigenvalue weighted by atomic mass is 32.2. The Bertz CT molecular complexity index is 325. The van der Waals surface area contributed by atoms with E-state index in [0.717, 1.165) is 0 Å². The van der Waals surface area contributed by atoms with Crippen molar-refractivity contribution in [1.29, 1.82) is 0 Å². The minimum Gasteiger partial charge on any atom is -0.462 e. The standard InChI is InChI=1S/C10H10F2O2S/c1-2-14-9(13)7-3-5-8(6-4-7)15-10(11)12/h3-6,10H,2H2,1H3. The maximum atomic E-state index is 12.0. The number of esters is 1. The number of carbonyl (C=O) groups excluding carboxylic acids is 1. The van der Waals surface area contributed by atoms with Crippen molar-refractivity contribution in [2.45, 2.75) is 17.6 Å². The van der Waals surface area contributed by atoms with E-state index >= 15 is 0 Å². The number of benzene rings is 1. The molecule has 0 aliphatic carbocycles. The van der Waals surface area contributed by atoms with Crippen LogP contribution < -0.4 is 0 Å². The summed E-state index contributed by atoms with van der Waals surface area (Å²) in [7, 11) is 0. The van der Waals surface area contributed by atoms with Crippen LogP contribution in [0.4, 0.5) is 8.78 Å². The molecule has 0 amide bonds. The third-order valence-electron chi connectivity index (χ3n) is 1.59. The zero-order chi connectivity index (χ0) is 11.3. The Morgan fingerprint density at radius 2 is 2.00 bits per heavy atom. The molecule has 0 saturated heterocycles. The third kappa shape index (κ3) is 3.87. The van der Waals surface area contributed by atoms with Gasteiger partial charge in [-0.25, -0.2) is 4.79 Å². The number of hydrogen-bond donors (Lipinski definition) is 0. The predicted molar refractivity (Wildman–Crippen MR) is 54.3 cm³/mol. The summed E-state index contributed by atoms with van der Waals surface area (Å²) in [5.41, 5.74) is 0.371. The van der Waals surface area contributed by atoms with Crippen LogP contribution in [0.15, 0.2) is 29.2 Å². The first kappa shape index (κ1) is 12.0. The summed E-state index contributed by atoms with van der Waals surface area (Å²) in [6, 6.07) is 5.90. The Balaban J connectivity index is 2.67. The summed E-state index contributed by atoms with van der Waals surface area (Å²) in [4.78, 5) is 11.6. The van der Waals surface area contributed by atoms with Gasteiger partial charge in [0.1, 0.15) is 0 Å². The van der Waals surface area contributed by atoms with Gasteiger partial charge < -0.3 is 4.74 Å². The van der Waals surface area contributed by atoms with Crippen molar-refractivity contribution in [1.82, 2.24) is 0 Å². The lowest BCUT2D eigenvalue weighted by atomic mass is 10.2. The van der Waals surface area contributed by atoms with E-state index < -0.39 is 11.7 Å². The summed E-state index contributed by atoms with van der Waals surface area (Å²) in [6.07, 6.45) is 0. The fourth-order valence-electron chi connectivity index (χ4n) is 0.987. The topological polar surface area (TPSA) is 26.3 Å². The van der Waals surface area contributed by atoms with E-state index in [9.17, 15) is 13.6 Å². The number of thioether (sulfide) groups is 1. The number of hydrogen-bond acceptors (Lipinski definition) is 3. The van der Waals surface area contributed by atoms with Gasteiger partial charge in [-0.05, 0) is 31.2 Å². The zero-order valence-corrected chi connectivity index (χ0v) is 8.89. The van der Waals surface area contributed by atoms with Crippen LogP contribution in [0, 0.1) is 0 Å². The van der Waals surface area contributed by atoms with Crippen LogP contribution in [-0.2, 0) is 4.74 Å². The van der Waals surface area contributed by atoms with Crippen molar-refractivity contribution in [2.24, 2.45) is 0 Å². The molecule has 0 aromatic heterocycles. The second-order valence-corrected chi connectivity index (χ2v) is 3.69. The Morgan fingerprint density at radius 3 is 2.47 bits per heavy atom. The van der Waals surface area contributed by atoms with Gasteiger partial charge in [0.2, 0.25) is 0 Å². The molecular weight excluding hydrogens is 222 g/mol. The molecule has 0 N–H and O–H groups in total. The van der Waals surface area contributed by atoms with E-state index in [0.29, 0.717) is 28.8 Å². The van der Waals surface area contributed by atoms with Crippen molar-refractivity contribution < 1.29 is 18.3 Å². The molecule has 0 unspecified atom stereocenters. The largest absolute Gasteiger partial charge is 0.462 e. The lowest BCUT2D eigenvalue weighted by molar-refractivity contribution is 0.0526. The third-order valence-corrected chi connectivity index (χ3v) is 2.31. The molecule has 5 heteroatoms. The number of carbonyl (C=O) groups is 1. The summed E-state index contributed by atoms with van der Waals surface area (Å²) in [6.45, 7) is 2.01. The van der Waals surface area contributed by atoms with E-state index in [2.05, 4.69) is 0 Å². The number of rotatable bonds is 4. The van der Waals surface area contributed by atoms with E-state index in [1.807, 2.05) is 0 Å². The van der Waals surface area contributed by atoms with Crippen molar-refractivity contribution in [3.63, 3.8) is 0 Å². The van der Waals surface area contributed by atoms with E-state index in [1.54, 1.807) is 6.92 Å². The molecule has 0 aliphatic heterocycles. The van der Waals surface area contributed by atoms with E-state index in [-0.39, 0.29) is 0 Å². The van der Waals surface area contributed by atoms with Gasteiger partial charge in [-0.2, -0.15) is 8.78 Å². The molecule has 0 spiro atoms. The summed E-state index contributed by atoms with van der Waals surface area (Å²) >= 11 is 0.447. The van der Waals surface area contributed by atoms with Crippen LogP contribution in [0.25, 0.3) is 0 Å². The number of alkyl halides is 2. The Morgan fingerprint density at radius 1 is 1.40 bits per heavy atom. The maximum Gasteiger partial charge on any atom is 0.338 e. The summed E-state index contributed by atoms with van der Waals surface area (Å²) < 4.78 is 28.7. The quantitative estimate of drug-likeness (QED) is 0.589. The Hall–Kier alpha value is -1.10. The molecule has 0 saturated carbocycles. The van der Waals surface area contributed by atoms with Gasteiger partial charge in [-0.1, -0.05) is 11.8 Å². The van der Waals surface area contributed by atoms with Crippen LogP contribution in [0.1, 0.15) is 17.3 Å². The fraction of sp³-hybridized carbons (Fsp3) is 0.300. The fourth-order valence-corrected chi connectivity index (χ4v) is 1.49. The highest BCUT2D eigenvalue weighted by Crippen LogP contribution is 2.25. The first-order chi connectivity index (χ1) is 7.13. The number of ether oxygens (including phenoxy) is 1. The first-order valence-electron chi connectivity index (χ1n) is 4.35. The lowest BCUT2D eigenvalue weighted by Gasteiger charge is -2.03. The molecule has 0 bridgehead atoms. The molecule has 82 valence electrons. The molecule has 1 aromatic carbocycles. The monoisotopic (exact) mass is 232 g/mol. The molecule has 0 fully saturated rings. The maximum absolute atomic E-state index is 12.0. The van der Waals surface area contributed by atoms with Crippen LogP contribution >= 0.6 is 11.8 Å². The van der Waals surface area contributed by atoms with Crippen LogP contribution in [0.5, 0.6) is 0 Å². The lowest BCUT2D eigenvalue weighted by Crippen LogP contribution is -2.03. The second-order valence-electron chi connectivity index (χ2n) is 2.62. The van der Waals surface area contributed by atoms with E-state index in [4.69, 9.17) is 4.74 Å². The molecule has 2 nitrogen and oxygen atoms in total. The summed E-state index contributed by atoms with van der Waals surface area (Å²) in [5, 5.41) is 0. The van der Waals surface area contributed by atoms with Crippen LogP contribution in [0.3, 0.4) is 0 Å². The summed E-state index contributed by atoms with van der Waals surface area (Å²) in [5.74, 6) is -2.88. The predicted octanol–water partition coefficient (Wildman–Crippen LogP) is 3.18. The van der Waals surface area contributed by atoms with Crippen LogP contribution in [0.2, 0.25) is 0 Å². The first-order valence-corrected chi connectivity index (χ1v) is 5.23. The van der Waals surface area contributed by atoms with Crippen LogP contribution in [-0.4, -0.2) is 18.3 Å².